The molecule has 3 rings (SSSR count). The normalized spacial score (nSPS) is 15.1. The minimum absolute atomic E-state index is 0.00333. The van der Waals surface area contributed by atoms with Crippen LogP contribution in [0.2, 0.25) is 0 Å². The molecule has 136 valence electrons. The van der Waals surface area contributed by atoms with Gasteiger partial charge >= 0.3 is 12.1 Å². The number of alkyl halides is 3. The molecule has 1 aliphatic rings. The van der Waals surface area contributed by atoms with E-state index in [2.05, 4.69) is 4.98 Å². The summed E-state index contributed by atoms with van der Waals surface area (Å²) >= 11 is 0. The summed E-state index contributed by atoms with van der Waals surface area (Å²) in [5.41, 5.74) is 14.2. The Morgan fingerprint density at radius 1 is 1.31 bits per heavy atom. The minimum Gasteiger partial charge on any atom is -0.476 e. The highest BCUT2D eigenvalue weighted by atomic mass is 19.4. The molecule has 0 amide bonds. The van der Waals surface area contributed by atoms with Gasteiger partial charge in [-0.1, -0.05) is 30.3 Å². The van der Waals surface area contributed by atoms with Crippen molar-refractivity contribution in [2.45, 2.75) is 12.1 Å². The molecule has 1 aromatic carbocycles. The van der Waals surface area contributed by atoms with Crippen LogP contribution in [0.15, 0.2) is 30.3 Å². The van der Waals surface area contributed by atoms with Crippen LogP contribution in [-0.4, -0.2) is 28.8 Å². The van der Waals surface area contributed by atoms with E-state index in [1.165, 1.54) is 0 Å². The Hall–Kier alpha value is -3.48. The number of benzene rings is 1. The Morgan fingerprint density at radius 2 is 1.88 bits per heavy atom. The van der Waals surface area contributed by atoms with Crippen molar-refractivity contribution < 1.29 is 27.8 Å². The summed E-state index contributed by atoms with van der Waals surface area (Å²) in [7, 11) is 0. The van der Waals surface area contributed by atoms with Gasteiger partial charge in [0.2, 0.25) is 5.88 Å². The topological polar surface area (TPSA) is 135 Å². The molecule has 0 radical (unpaired) electrons. The third kappa shape index (κ3) is 3.77. The smallest absolute Gasteiger partial charge is 0.476 e. The number of nitrogens with two attached hydrogens (primary N) is 2. The number of anilines is 2. The van der Waals surface area contributed by atoms with E-state index < -0.39 is 12.1 Å². The Morgan fingerprint density at radius 3 is 2.38 bits per heavy atom. The number of hydrogen-bond donors (Lipinski definition) is 3. The van der Waals surface area contributed by atoms with Gasteiger partial charge in [-0.2, -0.15) is 23.4 Å². The van der Waals surface area contributed by atoms with Crippen LogP contribution in [0.3, 0.4) is 0 Å². The van der Waals surface area contributed by atoms with E-state index in [9.17, 15) is 13.2 Å². The number of carboxylic acids is 1. The van der Waals surface area contributed by atoms with Crippen molar-refractivity contribution in [1.29, 1.82) is 5.26 Å². The number of hydrogen-bond acceptors (Lipinski definition) is 6. The summed E-state index contributed by atoms with van der Waals surface area (Å²) in [6.45, 7) is 0.463. The molecule has 2 aromatic rings. The molecule has 0 saturated carbocycles. The molecule has 1 unspecified atom stereocenters. The maximum absolute atomic E-state index is 10.6. The van der Waals surface area contributed by atoms with E-state index in [0.717, 1.165) is 11.1 Å². The summed E-state index contributed by atoms with van der Waals surface area (Å²) in [5, 5.41) is 16.2. The number of carboxylic acid groups (broad SMARTS) is 1. The number of pyridine rings is 1. The van der Waals surface area contributed by atoms with Crippen LogP contribution in [0.4, 0.5) is 24.7 Å². The zero-order valence-corrected chi connectivity index (χ0v) is 13.1. The Labute approximate surface area is 145 Å². The molecular formula is C16H13F3N4O3. The third-order valence-corrected chi connectivity index (χ3v) is 3.56. The van der Waals surface area contributed by atoms with Crippen LogP contribution in [0.5, 0.6) is 5.88 Å². The Kier molecular flexibility index (Phi) is 5.21. The van der Waals surface area contributed by atoms with Crippen molar-refractivity contribution >= 4 is 17.5 Å². The van der Waals surface area contributed by atoms with Gasteiger partial charge in [0.1, 0.15) is 24.1 Å². The lowest BCUT2D eigenvalue weighted by Crippen LogP contribution is -2.21. The monoisotopic (exact) mass is 366 g/mol. The first-order valence-electron chi connectivity index (χ1n) is 7.13. The molecule has 0 saturated heterocycles. The second-order valence-electron chi connectivity index (χ2n) is 5.19. The van der Waals surface area contributed by atoms with Gasteiger partial charge < -0.3 is 21.3 Å². The third-order valence-electron chi connectivity index (χ3n) is 3.56. The Balaban J connectivity index is 0.000000298. The van der Waals surface area contributed by atoms with Crippen molar-refractivity contribution in [3.05, 3.63) is 47.0 Å². The maximum Gasteiger partial charge on any atom is 0.490 e. The van der Waals surface area contributed by atoms with Gasteiger partial charge in [0, 0.05) is 5.56 Å². The van der Waals surface area contributed by atoms with Crippen LogP contribution in [0.25, 0.3) is 0 Å². The SMILES string of the molecule is N#Cc1c(N)nc2c(c1N)C(c1ccccc1)CO2.O=C(O)C(F)(F)F. The number of rotatable bonds is 1. The van der Waals surface area contributed by atoms with E-state index in [0.29, 0.717) is 18.2 Å². The largest absolute Gasteiger partial charge is 0.490 e. The van der Waals surface area contributed by atoms with E-state index in [1.54, 1.807) is 0 Å². The first kappa shape index (κ1) is 18.9. The molecular weight excluding hydrogens is 353 g/mol. The molecule has 0 spiro atoms. The highest BCUT2D eigenvalue weighted by Crippen LogP contribution is 2.42. The Bertz CT molecular complexity index is 864. The van der Waals surface area contributed by atoms with Gasteiger partial charge in [-0.05, 0) is 5.56 Å². The van der Waals surface area contributed by atoms with Gasteiger partial charge in [-0.3, -0.25) is 0 Å². The number of nitrogen functional groups attached to an aromatic ring is 2. The molecule has 7 nitrogen and oxygen atoms in total. The molecule has 1 atom stereocenters. The summed E-state index contributed by atoms with van der Waals surface area (Å²) in [6.07, 6.45) is -5.08. The lowest BCUT2D eigenvalue weighted by atomic mass is 9.92. The lowest BCUT2D eigenvalue weighted by molar-refractivity contribution is -0.192. The van der Waals surface area contributed by atoms with Crippen LogP contribution >= 0.6 is 0 Å². The summed E-state index contributed by atoms with van der Waals surface area (Å²) in [5.74, 6) is -2.21. The van der Waals surface area contributed by atoms with E-state index in [4.69, 9.17) is 31.4 Å². The molecule has 0 fully saturated rings. The number of ether oxygens (including phenoxy) is 1. The second-order valence-corrected chi connectivity index (χ2v) is 5.19. The van der Waals surface area contributed by atoms with Gasteiger partial charge in [0.15, 0.2) is 0 Å². The first-order chi connectivity index (χ1) is 12.2. The number of fused-ring (bicyclic) bond motifs is 1. The molecule has 2 heterocycles. The molecule has 0 aliphatic carbocycles. The molecule has 26 heavy (non-hydrogen) atoms. The van der Waals surface area contributed by atoms with Crippen molar-refractivity contribution in [3.8, 4) is 11.9 Å². The van der Waals surface area contributed by atoms with Gasteiger partial charge in [0.05, 0.1) is 11.6 Å². The maximum atomic E-state index is 10.6. The summed E-state index contributed by atoms with van der Waals surface area (Å²) in [4.78, 5) is 13.0. The van der Waals surface area contributed by atoms with E-state index in [1.807, 2.05) is 36.4 Å². The quantitative estimate of drug-likeness (QED) is 0.704. The molecule has 10 heteroatoms. The standard InChI is InChI=1S/C14H12N4O.C2HF3O2/c15-6-9-12(16)11-10(8-4-2-1-3-5-8)7-19-14(11)18-13(9)17;3-2(4,5)1(6)7/h1-5,10H,7H2,(H4,16,17,18);(H,6,7). The van der Waals surface area contributed by atoms with Crippen molar-refractivity contribution in [3.63, 3.8) is 0 Å². The van der Waals surface area contributed by atoms with Crippen LogP contribution in [0, 0.1) is 11.3 Å². The predicted molar refractivity (Wildman–Crippen MR) is 85.2 cm³/mol. The highest BCUT2D eigenvalue weighted by Gasteiger charge is 2.38. The van der Waals surface area contributed by atoms with Crippen molar-refractivity contribution in [2.75, 3.05) is 18.1 Å². The molecule has 1 aliphatic heterocycles. The van der Waals surface area contributed by atoms with E-state index >= 15 is 0 Å². The van der Waals surface area contributed by atoms with Gasteiger partial charge in [-0.25, -0.2) is 4.79 Å². The fourth-order valence-electron chi connectivity index (χ4n) is 2.37. The predicted octanol–water partition coefficient (Wildman–Crippen LogP) is 2.28. The average Bonchev–Trinajstić information content (AvgIpc) is 2.99. The number of nitrogens with zero attached hydrogens (tertiary/aromatic N) is 2. The zero-order valence-electron chi connectivity index (χ0n) is 13.1. The highest BCUT2D eigenvalue weighted by molar-refractivity contribution is 5.73. The number of nitriles is 1. The number of aromatic nitrogens is 1. The summed E-state index contributed by atoms with van der Waals surface area (Å²) in [6, 6.07) is 11.9. The van der Waals surface area contributed by atoms with Gasteiger partial charge in [0.25, 0.3) is 0 Å². The van der Waals surface area contributed by atoms with Gasteiger partial charge in [-0.15, -0.1) is 0 Å². The average molecular weight is 366 g/mol. The summed E-state index contributed by atoms with van der Waals surface area (Å²) < 4.78 is 37.3. The fraction of sp³-hybridized carbons (Fsp3) is 0.188. The second kappa shape index (κ2) is 7.18. The lowest BCUT2D eigenvalue weighted by Gasteiger charge is -2.12. The number of aliphatic carboxylic acids is 1. The van der Waals surface area contributed by atoms with Crippen molar-refractivity contribution in [2.24, 2.45) is 0 Å². The molecule has 1 aromatic heterocycles. The number of halogens is 3. The van der Waals surface area contributed by atoms with Crippen LogP contribution < -0.4 is 16.2 Å². The first-order valence-corrected chi connectivity index (χ1v) is 7.13. The molecule has 5 N–H and O–H groups in total. The zero-order chi connectivity index (χ0) is 19.5. The van der Waals surface area contributed by atoms with Crippen molar-refractivity contribution in [1.82, 2.24) is 4.98 Å². The van der Waals surface area contributed by atoms with E-state index in [-0.39, 0.29) is 17.3 Å². The number of carbonyl (C=O) groups is 1. The fourth-order valence-corrected chi connectivity index (χ4v) is 2.37. The van der Waals surface area contributed by atoms with Crippen LogP contribution in [-0.2, 0) is 4.79 Å². The van der Waals surface area contributed by atoms with Crippen LogP contribution in [0.1, 0.15) is 22.6 Å². The molecule has 0 bridgehead atoms. The minimum atomic E-state index is -5.08.